The number of urea groups is 1. The van der Waals surface area contributed by atoms with Crippen LogP contribution >= 0.6 is 11.3 Å². The molecule has 0 atom stereocenters. The SMILES string of the molecule is O=C(COC(=O)CCC(=O)c1cccs1)NC(=O)NCc1ccccc1. The molecule has 3 amide bonds. The molecule has 0 unspecified atom stereocenters. The molecular weight excluding hydrogens is 356 g/mol. The van der Waals surface area contributed by atoms with Crippen LogP contribution in [-0.2, 0) is 20.9 Å². The smallest absolute Gasteiger partial charge is 0.321 e. The van der Waals surface area contributed by atoms with Gasteiger partial charge in [-0.25, -0.2) is 4.79 Å². The highest BCUT2D eigenvalue weighted by Gasteiger charge is 2.13. The fourth-order valence-corrected chi connectivity index (χ4v) is 2.67. The van der Waals surface area contributed by atoms with Crippen LogP contribution in [0, 0.1) is 0 Å². The van der Waals surface area contributed by atoms with E-state index in [0.29, 0.717) is 4.88 Å². The summed E-state index contributed by atoms with van der Waals surface area (Å²) >= 11 is 1.30. The van der Waals surface area contributed by atoms with Crippen LogP contribution in [0.4, 0.5) is 4.79 Å². The van der Waals surface area contributed by atoms with Gasteiger partial charge < -0.3 is 10.1 Å². The van der Waals surface area contributed by atoms with Gasteiger partial charge in [-0.2, -0.15) is 0 Å². The van der Waals surface area contributed by atoms with E-state index in [1.54, 1.807) is 17.5 Å². The summed E-state index contributed by atoms with van der Waals surface area (Å²) in [5.74, 6) is -1.56. The average Bonchev–Trinajstić information content (AvgIpc) is 3.18. The first-order valence-electron chi connectivity index (χ1n) is 7.88. The van der Waals surface area contributed by atoms with Gasteiger partial charge in [0.05, 0.1) is 11.3 Å². The number of carbonyl (C=O) groups excluding carboxylic acids is 4. The van der Waals surface area contributed by atoms with Crippen LogP contribution in [0.1, 0.15) is 28.1 Å². The van der Waals surface area contributed by atoms with E-state index in [9.17, 15) is 19.2 Å². The van der Waals surface area contributed by atoms with Gasteiger partial charge in [0.15, 0.2) is 12.4 Å². The van der Waals surface area contributed by atoms with Gasteiger partial charge >= 0.3 is 12.0 Å². The zero-order valence-electron chi connectivity index (χ0n) is 13.9. The van der Waals surface area contributed by atoms with Crippen molar-refractivity contribution in [3.05, 3.63) is 58.3 Å². The Morgan fingerprint density at radius 3 is 2.42 bits per heavy atom. The minimum absolute atomic E-state index is 0.0124. The first-order valence-corrected chi connectivity index (χ1v) is 8.76. The minimum atomic E-state index is -0.742. The maximum Gasteiger partial charge on any atom is 0.321 e. The van der Waals surface area contributed by atoms with Crippen LogP contribution in [0.25, 0.3) is 0 Å². The third-order valence-corrected chi connectivity index (χ3v) is 4.18. The molecule has 7 nitrogen and oxygen atoms in total. The number of amides is 3. The molecule has 2 aromatic rings. The Balaban J connectivity index is 1.60. The summed E-state index contributed by atoms with van der Waals surface area (Å²) in [5, 5.41) is 6.36. The number of imide groups is 1. The van der Waals surface area contributed by atoms with Gasteiger partial charge in [0.2, 0.25) is 0 Å². The van der Waals surface area contributed by atoms with E-state index in [0.717, 1.165) is 5.56 Å². The van der Waals surface area contributed by atoms with Crippen LogP contribution < -0.4 is 10.6 Å². The normalized spacial score (nSPS) is 10.0. The van der Waals surface area contributed by atoms with E-state index in [2.05, 4.69) is 10.6 Å². The molecular formula is C18H18N2O5S. The van der Waals surface area contributed by atoms with Crippen molar-refractivity contribution in [3.63, 3.8) is 0 Å². The molecule has 0 bridgehead atoms. The molecule has 0 fully saturated rings. The minimum Gasteiger partial charge on any atom is -0.456 e. The molecule has 136 valence electrons. The standard InChI is InChI=1S/C18H18N2O5S/c21-14(15-7-4-10-26-15)8-9-17(23)25-12-16(22)20-18(24)19-11-13-5-2-1-3-6-13/h1-7,10H,8-9,11-12H2,(H2,19,20,22,24). The van der Waals surface area contributed by atoms with E-state index < -0.39 is 24.5 Å². The molecule has 0 spiro atoms. The van der Waals surface area contributed by atoms with Crippen molar-refractivity contribution in [2.75, 3.05) is 6.61 Å². The number of rotatable bonds is 8. The molecule has 0 aliphatic rings. The number of hydrogen-bond acceptors (Lipinski definition) is 6. The predicted molar refractivity (Wildman–Crippen MR) is 95.7 cm³/mol. The third-order valence-electron chi connectivity index (χ3n) is 3.27. The molecule has 1 aromatic carbocycles. The first kappa shape index (κ1) is 19.3. The summed E-state index contributed by atoms with van der Waals surface area (Å²) in [6.07, 6.45) is -0.108. The lowest BCUT2D eigenvalue weighted by atomic mass is 10.2. The van der Waals surface area contributed by atoms with E-state index in [1.165, 1.54) is 11.3 Å². The third kappa shape index (κ3) is 6.86. The van der Waals surface area contributed by atoms with E-state index in [1.807, 2.05) is 30.3 Å². The summed E-state index contributed by atoms with van der Waals surface area (Å²) in [6, 6.07) is 12.0. The highest BCUT2D eigenvalue weighted by molar-refractivity contribution is 7.12. The second-order valence-corrected chi connectivity index (χ2v) is 6.23. The van der Waals surface area contributed by atoms with Gasteiger partial charge in [-0.05, 0) is 17.0 Å². The predicted octanol–water partition coefficient (Wildman–Crippen LogP) is 2.28. The maximum absolute atomic E-state index is 11.8. The summed E-state index contributed by atoms with van der Waals surface area (Å²) < 4.78 is 4.76. The molecule has 0 aliphatic carbocycles. The summed E-state index contributed by atoms with van der Waals surface area (Å²) in [5.41, 5.74) is 0.886. The van der Waals surface area contributed by atoms with Crippen LogP contribution in [0.2, 0.25) is 0 Å². The molecule has 2 rings (SSSR count). The number of carbonyl (C=O) groups is 4. The van der Waals surface area contributed by atoms with Crippen LogP contribution in [-0.4, -0.2) is 30.3 Å². The maximum atomic E-state index is 11.8. The molecule has 0 radical (unpaired) electrons. The molecule has 0 aliphatic heterocycles. The van der Waals surface area contributed by atoms with Gasteiger partial charge in [-0.3, -0.25) is 19.7 Å². The van der Waals surface area contributed by atoms with Crippen LogP contribution in [0.15, 0.2) is 47.8 Å². The summed E-state index contributed by atoms with van der Waals surface area (Å²) in [6.45, 7) is -0.310. The van der Waals surface area contributed by atoms with Crippen molar-refractivity contribution in [1.82, 2.24) is 10.6 Å². The molecule has 26 heavy (non-hydrogen) atoms. The first-order chi connectivity index (χ1) is 12.5. The van der Waals surface area contributed by atoms with Crippen LogP contribution in [0.3, 0.4) is 0 Å². The highest BCUT2D eigenvalue weighted by Crippen LogP contribution is 2.12. The summed E-state index contributed by atoms with van der Waals surface area (Å²) in [7, 11) is 0. The van der Waals surface area contributed by atoms with Gasteiger partial charge in [-0.1, -0.05) is 36.4 Å². The van der Waals surface area contributed by atoms with Crippen molar-refractivity contribution >= 4 is 35.0 Å². The van der Waals surface area contributed by atoms with Crippen molar-refractivity contribution in [1.29, 1.82) is 0 Å². The van der Waals surface area contributed by atoms with Gasteiger partial charge in [0.25, 0.3) is 5.91 Å². The zero-order valence-corrected chi connectivity index (χ0v) is 14.7. The van der Waals surface area contributed by atoms with Crippen molar-refractivity contribution in [2.45, 2.75) is 19.4 Å². The summed E-state index contributed by atoms with van der Waals surface area (Å²) in [4.78, 5) is 47.1. The molecule has 2 N–H and O–H groups in total. The van der Waals surface area contributed by atoms with Gasteiger partial charge in [0, 0.05) is 13.0 Å². The molecule has 1 aromatic heterocycles. The fourth-order valence-electron chi connectivity index (χ4n) is 1.98. The second-order valence-electron chi connectivity index (χ2n) is 5.28. The number of benzene rings is 1. The van der Waals surface area contributed by atoms with Crippen molar-refractivity contribution < 1.29 is 23.9 Å². The Kier molecular flexibility index (Phi) is 7.50. The monoisotopic (exact) mass is 374 g/mol. The number of esters is 1. The Hall–Kier alpha value is -3.00. The van der Waals surface area contributed by atoms with E-state index in [-0.39, 0.29) is 25.2 Å². The molecule has 8 heteroatoms. The zero-order chi connectivity index (χ0) is 18.8. The Morgan fingerprint density at radius 2 is 1.73 bits per heavy atom. The quantitative estimate of drug-likeness (QED) is 0.545. The van der Waals surface area contributed by atoms with Gasteiger partial charge in [-0.15, -0.1) is 11.3 Å². The van der Waals surface area contributed by atoms with Crippen molar-refractivity contribution in [2.24, 2.45) is 0 Å². The lowest BCUT2D eigenvalue weighted by Gasteiger charge is -2.07. The van der Waals surface area contributed by atoms with Crippen molar-refractivity contribution in [3.8, 4) is 0 Å². The fraction of sp³-hybridized carbons (Fsp3) is 0.222. The largest absolute Gasteiger partial charge is 0.456 e. The number of hydrogen-bond donors (Lipinski definition) is 2. The topological polar surface area (TPSA) is 102 Å². The Morgan fingerprint density at radius 1 is 0.962 bits per heavy atom. The van der Waals surface area contributed by atoms with Gasteiger partial charge in [0.1, 0.15) is 0 Å². The second kappa shape index (κ2) is 10.1. The number of ketones is 1. The molecule has 1 heterocycles. The average molecular weight is 374 g/mol. The number of ether oxygens (including phenoxy) is 1. The lowest BCUT2D eigenvalue weighted by molar-refractivity contribution is -0.148. The molecule has 0 saturated heterocycles. The van der Waals surface area contributed by atoms with E-state index in [4.69, 9.17) is 4.74 Å². The highest BCUT2D eigenvalue weighted by atomic mass is 32.1. The van der Waals surface area contributed by atoms with Crippen LogP contribution in [0.5, 0.6) is 0 Å². The van der Waals surface area contributed by atoms with E-state index >= 15 is 0 Å². The Bertz CT molecular complexity index is 759. The molecule has 0 saturated carbocycles. The lowest BCUT2D eigenvalue weighted by Crippen LogP contribution is -2.41. The number of Topliss-reactive ketones (excluding diaryl/α,β-unsaturated/α-hetero) is 1. The Labute approximate surface area is 154 Å². The number of thiophene rings is 1. The number of nitrogens with one attached hydrogen (secondary N) is 2.